The van der Waals surface area contributed by atoms with Gasteiger partial charge >= 0.3 is 14.5 Å². The van der Waals surface area contributed by atoms with Gasteiger partial charge in [0.1, 0.15) is 53.9 Å². The highest BCUT2D eigenvalue weighted by atomic mass is 32.5. The summed E-state index contributed by atoms with van der Waals surface area (Å²) in [4.78, 5) is 52.1. The molecule has 3 aliphatic rings. The van der Waals surface area contributed by atoms with Crippen molar-refractivity contribution in [3.05, 3.63) is 41.3 Å². The molecule has 10 atom stereocenters. The average molecular weight is 692 g/mol. The molecule has 242 valence electrons. The number of aromatic amines is 1. The summed E-state index contributed by atoms with van der Waals surface area (Å²) in [5.41, 5.74) is 5.21. The number of nitrogen functional groups attached to an aromatic ring is 1. The third-order valence-corrected chi connectivity index (χ3v) is 9.99. The van der Waals surface area contributed by atoms with Gasteiger partial charge in [-0.2, -0.15) is 0 Å². The van der Waals surface area contributed by atoms with Crippen LogP contribution in [-0.2, 0) is 43.9 Å². The average Bonchev–Trinajstić information content (AvgIpc) is 3.71. The summed E-state index contributed by atoms with van der Waals surface area (Å²) in [6.45, 7) is -5.79. The number of hydrogen-bond acceptors (Lipinski definition) is 16. The minimum absolute atomic E-state index is 0.0512. The Morgan fingerprint density at radius 1 is 0.978 bits per heavy atom. The van der Waals surface area contributed by atoms with E-state index in [0.717, 1.165) is 23.4 Å². The summed E-state index contributed by atoms with van der Waals surface area (Å²) < 4.78 is 63.4. The fraction of sp³-hybridized carbons (Fsp3) is 0.476. The first-order valence-corrected chi connectivity index (χ1v) is 17.1. The van der Waals surface area contributed by atoms with E-state index in [-0.39, 0.29) is 22.6 Å². The number of nitrogens with two attached hydrogens (primary N) is 1. The number of hydrogen-bond donors (Lipinski definition) is 6. The number of nitrogens with zero attached hydrogens (tertiary/aromatic N) is 6. The largest absolute Gasteiger partial charge is 0.472 e. The summed E-state index contributed by atoms with van der Waals surface area (Å²) in [5, 5.41) is 21.8. The monoisotopic (exact) mass is 692 g/mol. The van der Waals surface area contributed by atoms with E-state index in [2.05, 4.69) is 24.9 Å². The van der Waals surface area contributed by atoms with Crippen LogP contribution in [0.5, 0.6) is 0 Å². The summed E-state index contributed by atoms with van der Waals surface area (Å²) in [6, 6.07) is 0. The topological polar surface area (TPSA) is 274 Å². The van der Waals surface area contributed by atoms with Crippen LogP contribution in [0.3, 0.4) is 0 Å². The third kappa shape index (κ3) is 5.40. The highest BCUT2D eigenvalue weighted by Crippen LogP contribution is 2.54. The van der Waals surface area contributed by atoms with Crippen LogP contribution in [0.4, 0.5) is 10.2 Å². The molecule has 3 unspecified atom stereocenters. The second-order valence-corrected chi connectivity index (χ2v) is 14.4. The van der Waals surface area contributed by atoms with Crippen LogP contribution < -0.4 is 11.3 Å². The summed E-state index contributed by atoms with van der Waals surface area (Å²) in [5.74, 6) is -0.925. The van der Waals surface area contributed by atoms with E-state index in [1.165, 1.54) is 10.9 Å². The SMILES string of the molecule is Nc1ncnc2c1ncn2[C@@H]1O[C@@H]2COP(O)(=S)O[C@@H]3[C@H](O)C(COP(=O)(O)O[C@H]2[C@H]1O)O[C@H]3n1cc(F)c2c(=O)[nH]cnc21. The summed E-state index contributed by atoms with van der Waals surface area (Å²) >= 11 is 5.18. The van der Waals surface area contributed by atoms with E-state index in [4.69, 9.17) is 45.1 Å². The normalized spacial score (nSPS) is 37.7. The van der Waals surface area contributed by atoms with Crippen LogP contribution in [-0.4, -0.2) is 104 Å². The number of aromatic nitrogens is 7. The van der Waals surface area contributed by atoms with Gasteiger partial charge in [-0.15, -0.1) is 0 Å². The molecular weight excluding hydrogens is 669 g/mol. The van der Waals surface area contributed by atoms with Gasteiger partial charge in [-0.3, -0.25) is 22.9 Å². The summed E-state index contributed by atoms with van der Waals surface area (Å²) in [6.07, 6.45) is -7.87. The van der Waals surface area contributed by atoms with Crippen molar-refractivity contribution < 1.29 is 56.5 Å². The van der Waals surface area contributed by atoms with Gasteiger partial charge < -0.3 is 49.3 Å². The van der Waals surface area contributed by atoms with Gasteiger partial charge in [-0.05, 0) is 11.8 Å². The van der Waals surface area contributed by atoms with E-state index in [9.17, 15) is 33.7 Å². The number of ether oxygens (including phenoxy) is 2. The molecular formula is C21H23FN8O12P2S. The maximum Gasteiger partial charge on any atom is 0.472 e. The van der Waals surface area contributed by atoms with Gasteiger partial charge in [0.2, 0.25) is 0 Å². The highest BCUT2D eigenvalue weighted by Gasteiger charge is 2.53. The maximum absolute atomic E-state index is 14.8. The quantitative estimate of drug-likeness (QED) is 0.137. The zero-order valence-electron chi connectivity index (χ0n) is 22.3. The van der Waals surface area contributed by atoms with Crippen molar-refractivity contribution >= 4 is 54.4 Å². The molecule has 0 spiro atoms. The number of aliphatic hydroxyl groups excluding tert-OH is 2. The lowest BCUT2D eigenvalue weighted by Crippen LogP contribution is -2.36. The number of halogens is 1. The smallest absolute Gasteiger partial charge is 0.387 e. The van der Waals surface area contributed by atoms with Crippen molar-refractivity contribution in [2.75, 3.05) is 18.9 Å². The van der Waals surface area contributed by atoms with Gasteiger partial charge in [0, 0.05) is 6.20 Å². The number of phosphoric ester groups is 1. The van der Waals surface area contributed by atoms with E-state index in [0.29, 0.717) is 0 Å². The van der Waals surface area contributed by atoms with Crippen molar-refractivity contribution in [1.29, 1.82) is 0 Å². The Hall–Kier alpha value is -2.82. The van der Waals surface area contributed by atoms with Gasteiger partial charge in [0.15, 0.2) is 35.4 Å². The van der Waals surface area contributed by atoms with Crippen LogP contribution in [0.1, 0.15) is 12.5 Å². The van der Waals surface area contributed by atoms with Crippen LogP contribution in [0.15, 0.2) is 30.0 Å². The number of fused-ring (bicyclic) bond motifs is 5. The molecule has 45 heavy (non-hydrogen) atoms. The molecule has 0 amide bonds. The van der Waals surface area contributed by atoms with Crippen molar-refractivity contribution in [2.24, 2.45) is 0 Å². The Bertz CT molecular complexity index is 1940. The molecule has 4 aromatic heterocycles. The maximum atomic E-state index is 14.8. The minimum atomic E-state index is -5.05. The van der Waals surface area contributed by atoms with Crippen molar-refractivity contribution in [3.8, 4) is 0 Å². The van der Waals surface area contributed by atoms with Crippen molar-refractivity contribution in [3.63, 3.8) is 0 Å². The molecule has 3 fully saturated rings. The standard InChI is InChI=1S/C21H23FN8O12P2S/c22-7-1-29(17-10(7)19(33)27-5-25-17)21-15-12(31)8(39-21)2-37-43(34,35)41-14-9(3-38-44(36,45)42-15)40-20(13(14)32)30-6-28-11-16(23)24-4-26-18(11)30/h1,4-6,8-9,12-15,20-21,31-32H,2-3H2,(H,34,35)(H,36,45)(H2,23,24,26)(H,25,27,33)/t8?,9-,12-,13-,14-,15-,20-,21-,44?/m1/s1. The van der Waals surface area contributed by atoms with E-state index >= 15 is 0 Å². The lowest BCUT2D eigenvalue weighted by atomic mass is 10.1. The molecule has 7 rings (SSSR count). The Kier molecular flexibility index (Phi) is 7.64. The fourth-order valence-electron chi connectivity index (χ4n) is 5.41. The number of phosphoric acid groups is 1. The lowest BCUT2D eigenvalue weighted by molar-refractivity contribution is -0.0635. The fourth-order valence-corrected chi connectivity index (χ4v) is 7.79. The van der Waals surface area contributed by atoms with Crippen molar-refractivity contribution in [1.82, 2.24) is 34.1 Å². The second kappa shape index (κ2) is 11.2. The molecule has 20 nitrogen and oxygen atoms in total. The zero-order valence-corrected chi connectivity index (χ0v) is 24.9. The second-order valence-electron chi connectivity index (χ2n) is 10.2. The van der Waals surface area contributed by atoms with Gasteiger partial charge in [0.25, 0.3) is 5.56 Å². The van der Waals surface area contributed by atoms with E-state index in [1.807, 2.05) is 0 Å². The minimum Gasteiger partial charge on any atom is -0.387 e. The van der Waals surface area contributed by atoms with Gasteiger partial charge in [0.05, 0.1) is 25.9 Å². The molecule has 0 aliphatic carbocycles. The first kappa shape index (κ1) is 30.8. The van der Waals surface area contributed by atoms with E-state index < -0.39 is 93.6 Å². The molecule has 2 bridgehead atoms. The zero-order chi connectivity index (χ0) is 31.8. The van der Waals surface area contributed by atoms with Crippen molar-refractivity contribution in [2.45, 2.75) is 49.1 Å². The highest BCUT2D eigenvalue weighted by molar-refractivity contribution is 8.07. The molecule has 3 aliphatic heterocycles. The Balaban J connectivity index is 1.21. The van der Waals surface area contributed by atoms with Gasteiger partial charge in [-0.25, -0.2) is 28.9 Å². The Morgan fingerprint density at radius 2 is 1.73 bits per heavy atom. The van der Waals surface area contributed by atoms with E-state index in [1.54, 1.807) is 0 Å². The Labute approximate surface area is 254 Å². The third-order valence-electron chi connectivity index (χ3n) is 7.44. The number of anilines is 1. The van der Waals surface area contributed by atoms with Crippen LogP contribution in [0, 0.1) is 5.82 Å². The molecule has 0 saturated carbocycles. The van der Waals surface area contributed by atoms with Crippen LogP contribution >= 0.6 is 14.5 Å². The predicted octanol–water partition coefficient (Wildman–Crippen LogP) is -1.06. The molecule has 4 aromatic rings. The Morgan fingerprint density at radius 3 is 2.53 bits per heavy atom. The number of imidazole rings is 1. The molecule has 24 heteroatoms. The predicted molar refractivity (Wildman–Crippen MR) is 148 cm³/mol. The number of aliphatic hydroxyl groups is 2. The molecule has 7 heterocycles. The molecule has 3 saturated heterocycles. The number of rotatable bonds is 2. The van der Waals surface area contributed by atoms with Crippen LogP contribution in [0.25, 0.3) is 22.2 Å². The van der Waals surface area contributed by atoms with Gasteiger partial charge in [-0.1, -0.05) is 0 Å². The summed E-state index contributed by atoms with van der Waals surface area (Å²) in [7, 11) is -5.05. The molecule has 7 N–H and O–H groups in total. The molecule has 0 aromatic carbocycles. The first-order valence-electron chi connectivity index (χ1n) is 13.0. The molecule has 0 radical (unpaired) electrons. The van der Waals surface area contributed by atoms with Crippen LogP contribution in [0.2, 0.25) is 0 Å². The number of H-pyrrole nitrogens is 1. The first-order chi connectivity index (χ1) is 21.3. The number of nitrogens with one attached hydrogen (secondary N) is 1. The lowest BCUT2D eigenvalue weighted by Gasteiger charge is -2.27.